The smallest absolute Gasteiger partial charge is 0.254 e. The molecule has 1 heterocycles. The number of hydrogen-bond donors (Lipinski definition) is 0. The molecule has 0 saturated heterocycles. The Labute approximate surface area is 126 Å². The van der Waals surface area contributed by atoms with Gasteiger partial charge in [0.1, 0.15) is 0 Å². The second-order valence-electron chi connectivity index (χ2n) is 6.02. The van der Waals surface area contributed by atoms with Crippen LogP contribution in [0.15, 0.2) is 48.5 Å². The van der Waals surface area contributed by atoms with Gasteiger partial charge in [0.15, 0.2) is 0 Å². The zero-order valence-corrected chi connectivity index (χ0v) is 12.7. The number of benzene rings is 2. The van der Waals surface area contributed by atoms with Crippen LogP contribution in [0.5, 0.6) is 0 Å². The summed E-state index contributed by atoms with van der Waals surface area (Å²) in [6, 6.07) is 16.4. The zero-order chi connectivity index (χ0) is 14.8. The third-order valence-corrected chi connectivity index (χ3v) is 4.24. The molecule has 0 fully saturated rings. The van der Waals surface area contributed by atoms with Crippen LogP contribution in [0.4, 0.5) is 0 Å². The molecule has 0 atom stereocenters. The van der Waals surface area contributed by atoms with E-state index in [9.17, 15) is 4.79 Å². The average Bonchev–Trinajstić information content (AvgIpc) is 2.54. The van der Waals surface area contributed by atoms with Gasteiger partial charge in [0.05, 0.1) is 0 Å². The van der Waals surface area contributed by atoms with Crippen molar-refractivity contribution in [3.8, 4) is 0 Å². The lowest BCUT2D eigenvalue weighted by Crippen LogP contribution is -2.35. The zero-order valence-electron chi connectivity index (χ0n) is 12.7. The monoisotopic (exact) mass is 279 g/mol. The van der Waals surface area contributed by atoms with E-state index in [1.54, 1.807) is 0 Å². The molecule has 0 spiro atoms. The van der Waals surface area contributed by atoms with Crippen LogP contribution in [-0.4, -0.2) is 17.4 Å². The second-order valence-corrected chi connectivity index (χ2v) is 6.02. The first-order valence-electron chi connectivity index (χ1n) is 7.61. The normalized spacial score (nSPS) is 14.1. The van der Waals surface area contributed by atoms with E-state index in [1.807, 2.05) is 23.1 Å². The van der Waals surface area contributed by atoms with Gasteiger partial charge in [0.25, 0.3) is 5.91 Å². The molecule has 2 heteroatoms. The Morgan fingerprint density at radius 1 is 1.00 bits per heavy atom. The molecule has 2 nitrogen and oxygen atoms in total. The predicted octanol–water partition coefficient (Wildman–Crippen LogP) is 4.01. The maximum absolute atomic E-state index is 12.6. The minimum atomic E-state index is 0.139. The molecule has 0 aromatic heterocycles. The molecule has 0 saturated carbocycles. The summed E-state index contributed by atoms with van der Waals surface area (Å²) in [4.78, 5) is 14.6. The van der Waals surface area contributed by atoms with Gasteiger partial charge >= 0.3 is 0 Å². The number of hydrogen-bond acceptors (Lipinski definition) is 1. The molecule has 0 N–H and O–H groups in total. The van der Waals surface area contributed by atoms with Crippen LogP contribution >= 0.6 is 0 Å². The Bertz CT molecular complexity index is 643. The Hall–Kier alpha value is -2.09. The predicted molar refractivity (Wildman–Crippen MR) is 85.4 cm³/mol. The van der Waals surface area contributed by atoms with E-state index in [0.29, 0.717) is 5.92 Å². The largest absolute Gasteiger partial charge is 0.334 e. The van der Waals surface area contributed by atoms with Gasteiger partial charge in [0, 0.05) is 18.7 Å². The first-order valence-corrected chi connectivity index (χ1v) is 7.61. The Morgan fingerprint density at radius 3 is 2.33 bits per heavy atom. The van der Waals surface area contributed by atoms with Crippen molar-refractivity contribution in [1.29, 1.82) is 0 Å². The Morgan fingerprint density at radius 2 is 1.67 bits per heavy atom. The van der Waals surface area contributed by atoms with Gasteiger partial charge < -0.3 is 4.90 Å². The Balaban J connectivity index is 1.77. The van der Waals surface area contributed by atoms with Gasteiger partial charge in [-0.3, -0.25) is 4.79 Å². The molecule has 108 valence electrons. The molecule has 2 aromatic carbocycles. The molecule has 1 amide bonds. The lowest BCUT2D eigenvalue weighted by molar-refractivity contribution is 0.0734. The number of nitrogens with zero attached hydrogens (tertiary/aromatic N) is 1. The fourth-order valence-corrected chi connectivity index (χ4v) is 2.86. The highest BCUT2D eigenvalue weighted by molar-refractivity contribution is 5.94. The van der Waals surface area contributed by atoms with E-state index in [-0.39, 0.29) is 5.91 Å². The van der Waals surface area contributed by atoms with E-state index in [4.69, 9.17) is 0 Å². The van der Waals surface area contributed by atoms with Gasteiger partial charge in [-0.25, -0.2) is 0 Å². The molecule has 1 aliphatic rings. The van der Waals surface area contributed by atoms with Crippen LogP contribution in [0, 0.1) is 0 Å². The van der Waals surface area contributed by atoms with Crippen molar-refractivity contribution < 1.29 is 4.79 Å². The summed E-state index contributed by atoms with van der Waals surface area (Å²) in [5, 5.41) is 0. The van der Waals surface area contributed by atoms with Crippen LogP contribution < -0.4 is 0 Å². The molecular weight excluding hydrogens is 258 g/mol. The summed E-state index contributed by atoms with van der Waals surface area (Å²) in [5.74, 6) is 0.635. The van der Waals surface area contributed by atoms with E-state index in [1.165, 1.54) is 16.7 Å². The fourth-order valence-electron chi connectivity index (χ4n) is 2.86. The third kappa shape index (κ3) is 2.85. The SMILES string of the molecule is CC(C)c1ccc(C(=O)N2CCc3ccccc3C2)cc1. The van der Waals surface area contributed by atoms with Gasteiger partial charge in [-0.05, 0) is 41.2 Å². The highest BCUT2D eigenvalue weighted by Crippen LogP contribution is 2.21. The topological polar surface area (TPSA) is 20.3 Å². The van der Waals surface area contributed by atoms with Crippen LogP contribution in [0.25, 0.3) is 0 Å². The quantitative estimate of drug-likeness (QED) is 0.813. The van der Waals surface area contributed by atoms with E-state index >= 15 is 0 Å². The molecule has 3 rings (SSSR count). The van der Waals surface area contributed by atoms with E-state index in [0.717, 1.165) is 25.1 Å². The van der Waals surface area contributed by atoms with Gasteiger partial charge in [-0.15, -0.1) is 0 Å². The standard InChI is InChI=1S/C19H21NO/c1-14(2)15-7-9-17(10-8-15)19(21)20-12-11-16-5-3-4-6-18(16)13-20/h3-10,14H,11-13H2,1-2H3. The summed E-state index contributed by atoms with van der Waals surface area (Å²) in [6.45, 7) is 5.86. The van der Waals surface area contributed by atoms with Crippen molar-refractivity contribution in [3.63, 3.8) is 0 Å². The fraction of sp³-hybridized carbons (Fsp3) is 0.316. The van der Waals surface area contributed by atoms with Crippen molar-refractivity contribution in [2.24, 2.45) is 0 Å². The minimum absolute atomic E-state index is 0.139. The molecule has 21 heavy (non-hydrogen) atoms. The molecular formula is C19H21NO. The molecule has 0 radical (unpaired) electrons. The van der Waals surface area contributed by atoms with E-state index in [2.05, 4.69) is 44.2 Å². The average molecular weight is 279 g/mol. The molecule has 0 aliphatic carbocycles. The molecule has 1 aliphatic heterocycles. The lowest BCUT2D eigenvalue weighted by Gasteiger charge is -2.29. The maximum atomic E-state index is 12.6. The summed E-state index contributed by atoms with van der Waals surface area (Å²) < 4.78 is 0. The van der Waals surface area contributed by atoms with E-state index < -0.39 is 0 Å². The van der Waals surface area contributed by atoms with Crippen LogP contribution in [0.3, 0.4) is 0 Å². The summed E-state index contributed by atoms with van der Waals surface area (Å²) >= 11 is 0. The second kappa shape index (κ2) is 5.72. The van der Waals surface area contributed by atoms with Crippen LogP contribution in [-0.2, 0) is 13.0 Å². The molecule has 0 unspecified atom stereocenters. The first-order chi connectivity index (χ1) is 10.1. The third-order valence-electron chi connectivity index (χ3n) is 4.24. The highest BCUT2D eigenvalue weighted by Gasteiger charge is 2.21. The number of carbonyl (C=O) groups is 1. The molecule has 2 aromatic rings. The van der Waals surface area contributed by atoms with Crippen molar-refractivity contribution in [3.05, 3.63) is 70.8 Å². The van der Waals surface area contributed by atoms with Gasteiger partial charge in [0.2, 0.25) is 0 Å². The van der Waals surface area contributed by atoms with Crippen molar-refractivity contribution in [1.82, 2.24) is 4.90 Å². The summed E-state index contributed by atoms with van der Waals surface area (Å²) in [6.07, 6.45) is 0.950. The number of fused-ring (bicyclic) bond motifs is 1. The highest BCUT2D eigenvalue weighted by atomic mass is 16.2. The van der Waals surface area contributed by atoms with Crippen molar-refractivity contribution in [2.45, 2.75) is 32.7 Å². The van der Waals surface area contributed by atoms with Crippen LogP contribution in [0.1, 0.15) is 46.8 Å². The lowest BCUT2D eigenvalue weighted by atomic mass is 9.98. The molecule has 0 bridgehead atoms. The van der Waals surface area contributed by atoms with Gasteiger partial charge in [-0.2, -0.15) is 0 Å². The van der Waals surface area contributed by atoms with Crippen LogP contribution in [0.2, 0.25) is 0 Å². The summed E-state index contributed by atoms with van der Waals surface area (Å²) in [5.41, 5.74) is 4.71. The Kier molecular flexibility index (Phi) is 3.78. The van der Waals surface area contributed by atoms with Crippen molar-refractivity contribution >= 4 is 5.91 Å². The van der Waals surface area contributed by atoms with Gasteiger partial charge in [-0.1, -0.05) is 50.2 Å². The number of amides is 1. The minimum Gasteiger partial charge on any atom is -0.334 e. The number of rotatable bonds is 2. The summed E-state index contributed by atoms with van der Waals surface area (Å²) in [7, 11) is 0. The first kappa shape index (κ1) is 13.9. The van der Waals surface area contributed by atoms with Crippen molar-refractivity contribution in [2.75, 3.05) is 6.54 Å². The maximum Gasteiger partial charge on any atom is 0.254 e. The number of carbonyl (C=O) groups excluding carboxylic acids is 1.